The van der Waals surface area contributed by atoms with E-state index in [0.717, 1.165) is 37.4 Å². The van der Waals surface area contributed by atoms with E-state index in [1.54, 1.807) is 10.9 Å². The minimum absolute atomic E-state index is 0.663. The number of aromatic nitrogens is 5. The van der Waals surface area contributed by atoms with Crippen molar-refractivity contribution in [1.82, 2.24) is 25.0 Å². The van der Waals surface area contributed by atoms with Crippen LogP contribution in [0.2, 0.25) is 0 Å². The molecule has 0 fully saturated rings. The van der Waals surface area contributed by atoms with Crippen LogP contribution in [0.4, 0.5) is 11.8 Å². The van der Waals surface area contributed by atoms with Crippen molar-refractivity contribution in [2.24, 2.45) is 0 Å². The summed E-state index contributed by atoms with van der Waals surface area (Å²) < 4.78 is 1.78. The Kier molecular flexibility index (Phi) is 4.66. The van der Waals surface area contributed by atoms with Gasteiger partial charge >= 0.3 is 0 Å². The second-order valence-electron chi connectivity index (χ2n) is 4.24. The van der Waals surface area contributed by atoms with Gasteiger partial charge in [0, 0.05) is 31.0 Å². The van der Waals surface area contributed by atoms with E-state index in [1.807, 2.05) is 19.3 Å². The van der Waals surface area contributed by atoms with Crippen molar-refractivity contribution in [2.75, 3.05) is 23.7 Å². The number of hydrogen-bond donors (Lipinski definition) is 2. The highest BCUT2D eigenvalue weighted by molar-refractivity contribution is 5.46. The van der Waals surface area contributed by atoms with E-state index >= 15 is 0 Å². The largest absolute Gasteiger partial charge is 0.368 e. The molecule has 2 rings (SSSR count). The minimum Gasteiger partial charge on any atom is -0.368 e. The molecule has 2 aromatic heterocycles. The van der Waals surface area contributed by atoms with E-state index in [9.17, 15) is 0 Å². The van der Waals surface area contributed by atoms with Crippen LogP contribution in [0.5, 0.6) is 0 Å². The van der Waals surface area contributed by atoms with Crippen molar-refractivity contribution < 1.29 is 0 Å². The Morgan fingerprint density at radius 1 is 1.26 bits per heavy atom. The fraction of sp³-hybridized carbons (Fsp3) is 0.500. The van der Waals surface area contributed by atoms with Crippen molar-refractivity contribution in [1.29, 1.82) is 0 Å². The summed E-state index contributed by atoms with van der Waals surface area (Å²) >= 11 is 0. The minimum atomic E-state index is 0.663. The molecule has 0 saturated carbocycles. The Labute approximate surface area is 112 Å². The van der Waals surface area contributed by atoms with Gasteiger partial charge < -0.3 is 10.6 Å². The Hall–Kier alpha value is -2.18. The molecule has 19 heavy (non-hydrogen) atoms. The van der Waals surface area contributed by atoms with Crippen LogP contribution in [0.3, 0.4) is 0 Å². The van der Waals surface area contributed by atoms with Gasteiger partial charge in [-0.25, -0.2) is 4.98 Å². The average Bonchev–Trinajstić information content (AvgIpc) is 2.92. The number of hydrogen-bond acceptors (Lipinski definition) is 6. The van der Waals surface area contributed by atoms with Gasteiger partial charge in [-0.3, -0.25) is 4.68 Å². The smallest absolute Gasteiger partial charge is 0.224 e. The van der Waals surface area contributed by atoms with Crippen molar-refractivity contribution in [3.63, 3.8) is 0 Å². The number of rotatable bonds is 7. The Morgan fingerprint density at radius 3 is 2.89 bits per heavy atom. The molecule has 2 aromatic rings. The lowest BCUT2D eigenvalue weighted by Crippen LogP contribution is -2.14. The first-order valence-electron chi connectivity index (χ1n) is 6.45. The number of nitrogens with one attached hydrogen (secondary N) is 2. The predicted molar refractivity (Wildman–Crippen MR) is 74.1 cm³/mol. The third-order valence-electron chi connectivity index (χ3n) is 2.61. The van der Waals surface area contributed by atoms with Crippen LogP contribution in [-0.2, 0) is 6.54 Å². The van der Waals surface area contributed by atoms with Crippen molar-refractivity contribution in [3.05, 3.63) is 24.2 Å². The van der Waals surface area contributed by atoms with Crippen molar-refractivity contribution >= 4 is 11.8 Å². The molecule has 7 heteroatoms. The Morgan fingerprint density at radius 2 is 2.16 bits per heavy atom. The predicted octanol–water partition coefficient (Wildman–Crippen LogP) is 1.31. The summed E-state index contributed by atoms with van der Waals surface area (Å²) in [5.74, 6) is 1.52. The summed E-state index contributed by atoms with van der Waals surface area (Å²) in [7, 11) is 0. The normalized spacial score (nSPS) is 10.4. The topological polar surface area (TPSA) is 80.5 Å². The average molecular weight is 261 g/mol. The molecule has 0 spiro atoms. The number of anilines is 2. The summed E-state index contributed by atoms with van der Waals surface area (Å²) in [4.78, 5) is 8.69. The zero-order valence-electron chi connectivity index (χ0n) is 11.3. The molecular weight excluding hydrogens is 242 g/mol. The summed E-state index contributed by atoms with van der Waals surface area (Å²) in [6.07, 6.45) is 6.38. The molecule has 0 unspecified atom stereocenters. The maximum absolute atomic E-state index is 4.45. The van der Waals surface area contributed by atoms with E-state index in [4.69, 9.17) is 0 Å². The third-order valence-corrected chi connectivity index (χ3v) is 2.61. The first kappa shape index (κ1) is 13.3. The van der Waals surface area contributed by atoms with Gasteiger partial charge in [0.05, 0.1) is 12.7 Å². The number of aryl methyl sites for hydroxylation is 1. The van der Waals surface area contributed by atoms with Gasteiger partial charge in [0.1, 0.15) is 5.82 Å². The fourth-order valence-electron chi connectivity index (χ4n) is 1.58. The van der Waals surface area contributed by atoms with E-state index in [0.29, 0.717) is 5.95 Å². The molecule has 2 N–H and O–H groups in total. The second-order valence-corrected chi connectivity index (χ2v) is 4.24. The standard InChI is InChI=1S/C12H19N7/c1-3-4-14-12-15-9-10(2)11(17-12)13-5-7-19-8-6-16-18-19/h6,8-9H,3-5,7H2,1-2H3,(H2,13,14,15,17). The van der Waals surface area contributed by atoms with Gasteiger partial charge in [0.2, 0.25) is 5.95 Å². The van der Waals surface area contributed by atoms with Crippen molar-refractivity contribution in [3.8, 4) is 0 Å². The van der Waals surface area contributed by atoms with E-state index < -0.39 is 0 Å². The lowest BCUT2D eigenvalue weighted by Gasteiger charge is -2.10. The summed E-state index contributed by atoms with van der Waals surface area (Å²) in [6, 6.07) is 0. The molecule has 0 aliphatic heterocycles. The third kappa shape index (κ3) is 3.90. The maximum atomic E-state index is 4.45. The van der Waals surface area contributed by atoms with Gasteiger partial charge in [-0.05, 0) is 13.3 Å². The van der Waals surface area contributed by atoms with Gasteiger partial charge in [-0.2, -0.15) is 4.98 Å². The first-order chi connectivity index (χ1) is 9.29. The van der Waals surface area contributed by atoms with Crippen LogP contribution < -0.4 is 10.6 Å². The molecule has 7 nitrogen and oxygen atoms in total. The van der Waals surface area contributed by atoms with E-state index in [-0.39, 0.29) is 0 Å². The zero-order chi connectivity index (χ0) is 13.5. The zero-order valence-corrected chi connectivity index (χ0v) is 11.3. The molecule has 0 amide bonds. The van der Waals surface area contributed by atoms with Gasteiger partial charge in [0.25, 0.3) is 0 Å². The molecule has 0 saturated heterocycles. The second kappa shape index (κ2) is 6.67. The Balaban J connectivity index is 1.90. The molecule has 0 bridgehead atoms. The maximum Gasteiger partial charge on any atom is 0.224 e. The molecule has 102 valence electrons. The first-order valence-corrected chi connectivity index (χ1v) is 6.45. The SMILES string of the molecule is CCCNc1ncc(C)c(NCCn2ccnn2)n1. The van der Waals surface area contributed by atoms with E-state index in [2.05, 4.69) is 37.8 Å². The van der Waals surface area contributed by atoms with Crippen LogP contribution in [0.1, 0.15) is 18.9 Å². The lowest BCUT2D eigenvalue weighted by atomic mass is 10.3. The highest BCUT2D eigenvalue weighted by atomic mass is 15.4. The van der Waals surface area contributed by atoms with Gasteiger partial charge in [0.15, 0.2) is 0 Å². The quantitative estimate of drug-likeness (QED) is 0.782. The molecule has 0 radical (unpaired) electrons. The van der Waals surface area contributed by atoms with E-state index in [1.165, 1.54) is 0 Å². The highest BCUT2D eigenvalue weighted by Gasteiger charge is 2.03. The summed E-state index contributed by atoms with van der Waals surface area (Å²) in [5.41, 5.74) is 1.03. The molecule has 0 aromatic carbocycles. The van der Waals surface area contributed by atoms with Crippen LogP contribution in [0.25, 0.3) is 0 Å². The van der Waals surface area contributed by atoms with Crippen LogP contribution >= 0.6 is 0 Å². The molecular formula is C12H19N7. The summed E-state index contributed by atoms with van der Waals surface area (Å²) in [6.45, 7) is 6.47. The van der Waals surface area contributed by atoms with Gasteiger partial charge in [-0.1, -0.05) is 12.1 Å². The van der Waals surface area contributed by atoms with Crippen LogP contribution in [0.15, 0.2) is 18.6 Å². The Bertz CT molecular complexity index is 495. The molecule has 0 aliphatic rings. The lowest BCUT2D eigenvalue weighted by molar-refractivity contribution is 0.608. The highest BCUT2D eigenvalue weighted by Crippen LogP contribution is 2.12. The number of nitrogens with zero attached hydrogens (tertiary/aromatic N) is 5. The van der Waals surface area contributed by atoms with Gasteiger partial charge in [-0.15, -0.1) is 5.10 Å². The van der Waals surface area contributed by atoms with Crippen LogP contribution in [-0.4, -0.2) is 38.1 Å². The van der Waals surface area contributed by atoms with Crippen LogP contribution in [0, 0.1) is 6.92 Å². The monoisotopic (exact) mass is 261 g/mol. The molecule has 2 heterocycles. The molecule has 0 aliphatic carbocycles. The van der Waals surface area contributed by atoms with Crippen molar-refractivity contribution in [2.45, 2.75) is 26.8 Å². The summed E-state index contributed by atoms with van der Waals surface area (Å²) in [5, 5.41) is 14.1. The molecule has 0 atom stereocenters. The fourth-order valence-corrected chi connectivity index (χ4v) is 1.58.